The molecule has 3 rings (SSSR count). The van der Waals surface area contributed by atoms with Crippen LogP contribution in [0.15, 0.2) is 48.5 Å². The summed E-state index contributed by atoms with van der Waals surface area (Å²) in [6.07, 6.45) is 1.96. The van der Waals surface area contributed by atoms with Crippen LogP contribution in [0.1, 0.15) is 61.5 Å². The first-order valence-corrected chi connectivity index (χ1v) is 11.6. The molecule has 1 aliphatic heterocycles. The van der Waals surface area contributed by atoms with Crippen molar-refractivity contribution in [1.82, 2.24) is 9.80 Å². The highest BCUT2D eigenvalue weighted by molar-refractivity contribution is 5.94. The van der Waals surface area contributed by atoms with Crippen molar-refractivity contribution in [2.75, 3.05) is 32.8 Å². The molecule has 0 bridgehead atoms. The lowest BCUT2D eigenvalue weighted by Gasteiger charge is -2.23. The Labute approximate surface area is 192 Å². The molecule has 5 nitrogen and oxygen atoms in total. The maximum absolute atomic E-state index is 13.0. The van der Waals surface area contributed by atoms with E-state index in [0.29, 0.717) is 51.2 Å². The average Bonchev–Trinajstić information content (AvgIpc) is 3.03. The van der Waals surface area contributed by atoms with Gasteiger partial charge in [-0.2, -0.15) is 0 Å². The van der Waals surface area contributed by atoms with Gasteiger partial charge >= 0.3 is 0 Å². The first-order chi connectivity index (χ1) is 15.3. The van der Waals surface area contributed by atoms with Gasteiger partial charge in [0.25, 0.3) is 5.91 Å². The molecule has 1 saturated heterocycles. The van der Waals surface area contributed by atoms with Crippen LogP contribution in [-0.4, -0.2) is 54.4 Å². The van der Waals surface area contributed by atoms with Crippen molar-refractivity contribution in [1.29, 1.82) is 0 Å². The molecule has 32 heavy (non-hydrogen) atoms. The van der Waals surface area contributed by atoms with Crippen LogP contribution < -0.4 is 4.74 Å². The molecule has 0 N–H and O–H groups in total. The molecule has 0 unspecified atom stereocenters. The highest BCUT2D eigenvalue weighted by atomic mass is 16.5. The fraction of sp³-hybridized carbons (Fsp3) is 0.481. The van der Waals surface area contributed by atoms with E-state index in [1.807, 2.05) is 65.3 Å². The zero-order valence-corrected chi connectivity index (χ0v) is 19.9. The lowest BCUT2D eigenvalue weighted by atomic mass is 9.86. The van der Waals surface area contributed by atoms with E-state index in [9.17, 15) is 9.59 Å². The van der Waals surface area contributed by atoms with Crippen molar-refractivity contribution in [2.24, 2.45) is 0 Å². The van der Waals surface area contributed by atoms with Crippen LogP contribution in [0.4, 0.5) is 0 Å². The summed E-state index contributed by atoms with van der Waals surface area (Å²) in [6, 6.07) is 15.8. The lowest BCUT2D eigenvalue weighted by Crippen LogP contribution is -2.37. The summed E-state index contributed by atoms with van der Waals surface area (Å²) in [7, 11) is 0. The van der Waals surface area contributed by atoms with Crippen molar-refractivity contribution in [3.63, 3.8) is 0 Å². The fourth-order valence-corrected chi connectivity index (χ4v) is 3.95. The Bertz CT molecular complexity index is 915. The summed E-state index contributed by atoms with van der Waals surface area (Å²) < 4.78 is 5.80. The van der Waals surface area contributed by atoms with E-state index in [2.05, 4.69) is 20.8 Å². The van der Waals surface area contributed by atoms with Gasteiger partial charge in [-0.1, -0.05) is 51.1 Å². The Balaban J connectivity index is 1.46. The number of amides is 2. The third-order valence-corrected chi connectivity index (χ3v) is 6.02. The van der Waals surface area contributed by atoms with E-state index in [0.717, 1.165) is 17.7 Å². The minimum atomic E-state index is 0.0476. The molecule has 1 heterocycles. The molecule has 0 spiro atoms. The van der Waals surface area contributed by atoms with E-state index >= 15 is 0 Å². The maximum Gasteiger partial charge on any atom is 0.253 e. The monoisotopic (exact) mass is 436 g/mol. The van der Waals surface area contributed by atoms with Gasteiger partial charge in [0.15, 0.2) is 0 Å². The minimum Gasteiger partial charge on any atom is -0.493 e. The summed E-state index contributed by atoms with van der Waals surface area (Å²) >= 11 is 0. The molecule has 2 aromatic rings. The number of aryl methyl sites for hydroxylation is 1. The predicted molar refractivity (Wildman–Crippen MR) is 128 cm³/mol. The molecule has 0 aromatic heterocycles. The Morgan fingerprint density at radius 1 is 0.906 bits per heavy atom. The predicted octanol–water partition coefficient (Wildman–Crippen LogP) is 4.83. The number of benzene rings is 2. The highest BCUT2D eigenvalue weighted by Crippen LogP contribution is 2.23. The van der Waals surface area contributed by atoms with Gasteiger partial charge in [0.1, 0.15) is 5.75 Å². The Hall–Kier alpha value is -2.82. The largest absolute Gasteiger partial charge is 0.493 e. The highest BCUT2D eigenvalue weighted by Gasteiger charge is 2.23. The SMILES string of the molecule is Cc1ccccc1OCCCC(=O)N1CCCN(C(=O)c2ccc(C(C)(C)C)cc2)CC1. The summed E-state index contributed by atoms with van der Waals surface area (Å²) in [5.41, 5.74) is 3.10. The zero-order valence-electron chi connectivity index (χ0n) is 19.9. The first kappa shape index (κ1) is 23.8. The van der Waals surface area contributed by atoms with E-state index in [-0.39, 0.29) is 17.2 Å². The van der Waals surface area contributed by atoms with Gasteiger partial charge in [-0.15, -0.1) is 0 Å². The molecule has 1 aliphatic rings. The van der Waals surface area contributed by atoms with Gasteiger partial charge in [-0.3, -0.25) is 9.59 Å². The van der Waals surface area contributed by atoms with Crippen LogP contribution in [0.25, 0.3) is 0 Å². The third kappa shape index (κ3) is 6.35. The van der Waals surface area contributed by atoms with Gasteiger partial charge < -0.3 is 14.5 Å². The van der Waals surface area contributed by atoms with Crippen LogP contribution >= 0.6 is 0 Å². The number of ether oxygens (including phenoxy) is 1. The summed E-state index contributed by atoms with van der Waals surface area (Å²) in [4.78, 5) is 29.4. The first-order valence-electron chi connectivity index (χ1n) is 11.6. The maximum atomic E-state index is 13.0. The fourth-order valence-electron chi connectivity index (χ4n) is 3.95. The van der Waals surface area contributed by atoms with Gasteiger partial charge in [-0.25, -0.2) is 0 Å². The third-order valence-electron chi connectivity index (χ3n) is 6.02. The van der Waals surface area contributed by atoms with Crippen molar-refractivity contribution < 1.29 is 14.3 Å². The smallest absolute Gasteiger partial charge is 0.253 e. The molecule has 0 saturated carbocycles. The van der Waals surface area contributed by atoms with Crippen LogP contribution in [-0.2, 0) is 10.2 Å². The van der Waals surface area contributed by atoms with Crippen molar-refractivity contribution in [3.8, 4) is 5.75 Å². The second-order valence-corrected chi connectivity index (χ2v) is 9.57. The molecular weight excluding hydrogens is 400 g/mol. The number of hydrogen-bond donors (Lipinski definition) is 0. The summed E-state index contributed by atoms with van der Waals surface area (Å²) in [5, 5.41) is 0. The molecule has 0 radical (unpaired) electrons. The van der Waals surface area contributed by atoms with Crippen molar-refractivity contribution in [2.45, 2.75) is 52.4 Å². The molecule has 0 aliphatic carbocycles. The van der Waals surface area contributed by atoms with E-state index in [1.54, 1.807) is 0 Å². The number of nitrogens with zero attached hydrogens (tertiary/aromatic N) is 2. The lowest BCUT2D eigenvalue weighted by molar-refractivity contribution is -0.131. The molecular formula is C27H36N2O3. The Kier molecular flexibility index (Phi) is 7.94. The van der Waals surface area contributed by atoms with Crippen molar-refractivity contribution >= 4 is 11.8 Å². The van der Waals surface area contributed by atoms with E-state index in [4.69, 9.17) is 4.74 Å². The second kappa shape index (κ2) is 10.7. The molecule has 1 fully saturated rings. The minimum absolute atomic E-state index is 0.0476. The molecule has 0 atom stereocenters. The average molecular weight is 437 g/mol. The number of carbonyl (C=O) groups excluding carboxylic acids is 2. The van der Waals surface area contributed by atoms with Gasteiger partial charge in [-0.05, 0) is 54.5 Å². The van der Waals surface area contributed by atoms with Crippen LogP contribution in [0.2, 0.25) is 0 Å². The quantitative estimate of drug-likeness (QED) is 0.610. The van der Waals surface area contributed by atoms with Crippen LogP contribution in [0.3, 0.4) is 0 Å². The summed E-state index contributed by atoms with van der Waals surface area (Å²) in [5.74, 6) is 1.06. The standard InChI is InChI=1S/C27H36N2O3/c1-21-9-5-6-10-24(21)32-20-7-11-25(30)28-16-8-17-29(19-18-28)26(31)22-12-14-23(15-13-22)27(2,3)4/h5-6,9-10,12-15H,7-8,11,16-20H2,1-4H3. The summed E-state index contributed by atoms with van der Waals surface area (Å²) in [6.45, 7) is 11.6. The number of hydrogen-bond acceptors (Lipinski definition) is 3. The van der Waals surface area contributed by atoms with Gasteiger partial charge in [0.2, 0.25) is 5.91 Å². The molecule has 172 valence electrons. The second-order valence-electron chi connectivity index (χ2n) is 9.57. The Morgan fingerprint density at radius 3 is 2.25 bits per heavy atom. The van der Waals surface area contributed by atoms with Crippen LogP contribution in [0.5, 0.6) is 5.75 Å². The molecule has 2 amide bonds. The normalized spacial score (nSPS) is 14.8. The molecule has 2 aromatic carbocycles. The van der Waals surface area contributed by atoms with Crippen molar-refractivity contribution in [3.05, 3.63) is 65.2 Å². The number of carbonyl (C=O) groups is 2. The number of rotatable bonds is 6. The zero-order chi connectivity index (χ0) is 23.1. The molecule has 5 heteroatoms. The van der Waals surface area contributed by atoms with Crippen LogP contribution in [0, 0.1) is 6.92 Å². The van der Waals surface area contributed by atoms with E-state index < -0.39 is 0 Å². The Morgan fingerprint density at radius 2 is 1.56 bits per heavy atom. The van der Waals surface area contributed by atoms with Gasteiger partial charge in [0.05, 0.1) is 6.61 Å². The number of para-hydroxylation sites is 1. The van der Waals surface area contributed by atoms with Gasteiger partial charge in [0, 0.05) is 38.2 Å². The topological polar surface area (TPSA) is 49.9 Å². The van der Waals surface area contributed by atoms with E-state index in [1.165, 1.54) is 5.56 Å².